The van der Waals surface area contributed by atoms with Crippen LogP contribution in [-0.4, -0.2) is 56.3 Å². The number of hydrogen-bond donors (Lipinski definition) is 1. The molecule has 8 heteroatoms. The van der Waals surface area contributed by atoms with E-state index in [1.54, 1.807) is 31.3 Å². The molecule has 1 aliphatic heterocycles. The number of amides is 2. The molecule has 2 rings (SSSR count). The Morgan fingerprint density at radius 1 is 1.31 bits per heavy atom. The van der Waals surface area contributed by atoms with Crippen LogP contribution in [0, 0.1) is 5.41 Å². The summed E-state index contributed by atoms with van der Waals surface area (Å²) in [6.45, 7) is 5.37. The number of benzene rings is 1. The zero-order chi connectivity index (χ0) is 19.5. The minimum atomic E-state index is -3.11. The van der Waals surface area contributed by atoms with Gasteiger partial charge in [-0.2, -0.15) is 0 Å². The number of sulfone groups is 1. The average Bonchev–Trinajstić information content (AvgIpc) is 2.95. The lowest BCUT2D eigenvalue weighted by molar-refractivity contribution is -0.146. The van der Waals surface area contributed by atoms with E-state index >= 15 is 0 Å². The van der Waals surface area contributed by atoms with Gasteiger partial charge in [-0.1, -0.05) is 12.1 Å². The highest BCUT2D eigenvalue weighted by Gasteiger charge is 2.42. The largest absolute Gasteiger partial charge is 0.492 e. The zero-order valence-electron chi connectivity index (χ0n) is 15.6. The lowest BCUT2D eigenvalue weighted by Crippen LogP contribution is -2.49. The first kappa shape index (κ1) is 20.2. The Morgan fingerprint density at radius 2 is 1.96 bits per heavy atom. The smallest absolute Gasteiger partial charge is 0.239 e. The molecule has 1 unspecified atom stereocenters. The van der Waals surface area contributed by atoms with Gasteiger partial charge in [-0.3, -0.25) is 9.59 Å². The summed E-state index contributed by atoms with van der Waals surface area (Å²) in [6, 6.07) is 6.61. The van der Waals surface area contributed by atoms with Crippen molar-refractivity contribution in [3.8, 4) is 5.75 Å². The fourth-order valence-electron chi connectivity index (χ4n) is 2.91. The molecule has 1 N–H and O–H groups in total. The molecule has 1 saturated heterocycles. The number of nitrogens with zero attached hydrogens (tertiary/aromatic N) is 1. The molecule has 0 bridgehead atoms. The van der Waals surface area contributed by atoms with Gasteiger partial charge in [0.25, 0.3) is 0 Å². The van der Waals surface area contributed by atoms with Crippen molar-refractivity contribution in [3.63, 3.8) is 0 Å². The Kier molecular flexibility index (Phi) is 5.95. The Labute approximate surface area is 154 Å². The maximum atomic E-state index is 12.8. The Hall–Kier alpha value is -2.09. The number of hydrogen-bond acceptors (Lipinski definition) is 5. The summed E-state index contributed by atoms with van der Waals surface area (Å²) in [4.78, 5) is 27.0. The molecule has 1 aliphatic rings. The number of para-hydroxylation sites is 2. The van der Waals surface area contributed by atoms with E-state index in [1.165, 1.54) is 18.7 Å². The van der Waals surface area contributed by atoms with Crippen molar-refractivity contribution in [3.05, 3.63) is 24.3 Å². The molecular weight excluding hydrogens is 356 g/mol. The maximum absolute atomic E-state index is 12.8. The first-order valence-electron chi connectivity index (χ1n) is 8.59. The monoisotopic (exact) mass is 382 g/mol. The quantitative estimate of drug-likeness (QED) is 0.756. The second-order valence-electron chi connectivity index (χ2n) is 6.98. The molecule has 0 spiro atoms. The Balaban J connectivity index is 2.13. The fraction of sp³-hybridized carbons (Fsp3) is 0.556. The summed E-state index contributed by atoms with van der Waals surface area (Å²) in [5, 5.41) is 2.75. The molecule has 7 nitrogen and oxygen atoms in total. The number of nitrogens with one attached hydrogen (secondary N) is 1. The van der Waals surface area contributed by atoms with E-state index in [9.17, 15) is 18.0 Å². The highest BCUT2D eigenvalue weighted by atomic mass is 32.2. The highest BCUT2D eigenvalue weighted by Crippen LogP contribution is 2.29. The molecule has 1 aromatic carbocycles. The van der Waals surface area contributed by atoms with Crippen LogP contribution in [0.2, 0.25) is 0 Å². The molecule has 0 radical (unpaired) electrons. The maximum Gasteiger partial charge on any atom is 0.239 e. The second-order valence-corrected chi connectivity index (χ2v) is 9.21. The molecule has 1 aromatic rings. The molecule has 0 aromatic heterocycles. The minimum Gasteiger partial charge on any atom is -0.492 e. The van der Waals surface area contributed by atoms with E-state index in [0.717, 1.165) is 0 Å². The summed E-state index contributed by atoms with van der Waals surface area (Å²) >= 11 is 0. The van der Waals surface area contributed by atoms with Gasteiger partial charge in [0.05, 0.1) is 23.8 Å². The normalized spacial score (nSPS) is 19.0. The van der Waals surface area contributed by atoms with E-state index in [1.807, 2.05) is 6.92 Å². The SMILES string of the molecule is CCOc1ccccc1NC(=O)C(C)(C)C(=O)N(C)C1CCS(=O)(=O)C1. The molecule has 26 heavy (non-hydrogen) atoms. The van der Waals surface area contributed by atoms with E-state index < -0.39 is 33.1 Å². The van der Waals surface area contributed by atoms with Crippen LogP contribution in [0.25, 0.3) is 0 Å². The second kappa shape index (κ2) is 7.65. The first-order chi connectivity index (χ1) is 12.1. The molecule has 1 heterocycles. The van der Waals surface area contributed by atoms with Gasteiger partial charge in [-0.25, -0.2) is 8.42 Å². The number of ether oxygens (including phenoxy) is 1. The number of carbonyl (C=O) groups excluding carboxylic acids is 2. The van der Waals surface area contributed by atoms with Gasteiger partial charge in [0, 0.05) is 13.1 Å². The summed E-state index contributed by atoms with van der Waals surface area (Å²) in [5.41, 5.74) is -0.855. The molecule has 1 fully saturated rings. The lowest BCUT2D eigenvalue weighted by atomic mass is 9.89. The topological polar surface area (TPSA) is 92.8 Å². The molecule has 0 saturated carbocycles. The van der Waals surface area contributed by atoms with Crippen molar-refractivity contribution in [1.29, 1.82) is 0 Å². The van der Waals surface area contributed by atoms with Gasteiger partial charge in [0.2, 0.25) is 11.8 Å². The van der Waals surface area contributed by atoms with Crippen LogP contribution >= 0.6 is 0 Å². The van der Waals surface area contributed by atoms with Crippen molar-refractivity contribution >= 4 is 27.3 Å². The van der Waals surface area contributed by atoms with Crippen LogP contribution in [0.4, 0.5) is 5.69 Å². The third kappa shape index (κ3) is 4.35. The number of anilines is 1. The lowest BCUT2D eigenvalue weighted by Gasteiger charge is -2.31. The number of rotatable bonds is 6. The van der Waals surface area contributed by atoms with Crippen LogP contribution in [0.5, 0.6) is 5.75 Å². The van der Waals surface area contributed by atoms with Gasteiger partial charge >= 0.3 is 0 Å². The van der Waals surface area contributed by atoms with Gasteiger partial charge < -0.3 is 15.0 Å². The van der Waals surface area contributed by atoms with Crippen LogP contribution in [-0.2, 0) is 19.4 Å². The zero-order valence-corrected chi connectivity index (χ0v) is 16.4. The predicted molar refractivity (Wildman–Crippen MR) is 99.9 cm³/mol. The van der Waals surface area contributed by atoms with Crippen LogP contribution in [0.3, 0.4) is 0 Å². The van der Waals surface area contributed by atoms with E-state index in [-0.39, 0.29) is 11.5 Å². The van der Waals surface area contributed by atoms with Crippen molar-refractivity contribution in [2.24, 2.45) is 5.41 Å². The molecule has 144 valence electrons. The van der Waals surface area contributed by atoms with Crippen molar-refractivity contribution < 1.29 is 22.7 Å². The van der Waals surface area contributed by atoms with Crippen molar-refractivity contribution in [1.82, 2.24) is 4.90 Å². The van der Waals surface area contributed by atoms with Crippen molar-refractivity contribution in [2.45, 2.75) is 33.2 Å². The molecule has 1 atom stereocenters. The highest BCUT2D eigenvalue weighted by molar-refractivity contribution is 7.91. The molecule has 2 amide bonds. The van der Waals surface area contributed by atoms with Crippen LogP contribution in [0.15, 0.2) is 24.3 Å². The third-order valence-corrected chi connectivity index (χ3v) is 6.36. The molecular formula is C18H26N2O5S. The standard InChI is InChI=1S/C18H26N2O5S/c1-5-25-15-9-7-6-8-14(15)19-16(21)18(2,3)17(22)20(4)13-10-11-26(23,24)12-13/h6-9,13H,5,10-12H2,1-4H3,(H,19,21). The van der Waals surface area contributed by atoms with Crippen molar-refractivity contribution in [2.75, 3.05) is 30.5 Å². The minimum absolute atomic E-state index is 0.0554. The Bertz CT molecular complexity index is 789. The average molecular weight is 382 g/mol. The van der Waals surface area contributed by atoms with Gasteiger partial charge in [0.15, 0.2) is 9.84 Å². The summed E-state index contributed by atoms with van der Waals surface area (Å²) in [6.07, 6.45) is 0.398. The van der Waals surface area contributed by atoms with Gasteiger partial charge in [0.1, 0.15) is 11.2 Å². The molecule has 0 aliphatic carbocycles. The summed E-state index contributed by atoms with van der Waals surface area (Å²) in [5.74, 6) is -0.334. The van der Waals surface area contributed by atoms with E-state index in [0.29, 0.717) is 24.5 Å². The van der Waals surface area contributed by atoms with Gasteiger partial charge in [-0.15, -0.1) is 0 Å². The summed E-state index contributed by atoms with van der Waals surface area (Å²) in [7, 11) is -1.56. The van der Waals surface area contributed by atoms with Crippen LogP contribution in [0.1, 0.15) is 27.2 Å². The predicted octanol–water partition coefficient (Wildman–Crippen LogP) is 1.70. The van der Waals surface area contributed by atoms with Gasteiger partial charge in [-0.05, 0) is 39.3 Å². The van der Waals surface area contributed by atoms with E-state index in [4.69, 9.17) is 4.74 Å². The van der Waals surface area contributed by atoms with Crippen LogP contribution < -0.4 is 10.1 Å². The first-order valence-corrected chi connectivity index (χ1v) is 10.4. The van der Waals surface area contributed by atoms with E-state index in [2.05, 4.69) is 5.32 Å². The summed E-state index contributed by atoms with van der Waals surface area (Å²) < 4.78 is 28.8. The Morgan fingerprint density at radius 3 is 2.54 bits per heavy atom. The number of carbonyl (C=O) groups is 2. The fourth-order valence-corrected chi connectivity index (χ4v) is 4.69. The third-order valence-electron chi connectivity index (χ3n) is 4.61.